The molecule has 0 aliphatic rings. The van der Waals surface area contributed by atoms with Gasteiger partial charge in [0.1, 0.15) is 5.82 Å². The van der Waals surface area contributed by atoms with Gasteiger partial charge in [0.05, 0.1) is 12.0 Å². The van der Waals surface area contributed by atoms with Crippen LogP contribution in [0.4, 0.5) is 10.1 Å². The van der Waals surface area contributed by atoms with Crippen LogP contribution < -0.4 is 4.90 Å². The van der Waals surface area contributed by atoms with Crippen molar-refractivity contribution in [3.63, 3.8) is 0 Å². The Kier molecular flexibility index (Phi) is 4.11. The number of hydrogen-bond acceptors (Lipinski definition) is 2. The number of rotatable bonds is 4. The number of benzene rings is 1. The molecule has 1 unspecified atom stereocenters. The lowest BCUT2D eigenvalue weighted by atomic mass is 10.2. The highest BCUT2D eigenvalue weighted by atomic mass is 19.1. The molecule has 0 fully saturated rings. The molecule has 0 aromatic heterocycles. The van der Waals surface area contributed by atoms with Crippen LogP contribution in [0.3, 0.4) is 0 Å². The van der Waals surface area contributed by atoms with Gasteiger partial charge >= 0.3 is 0 Å². The Labute approximate surface area is 89.9 Å². The minimum Gasteiger partial charge on any atom is -0.371 e. The molecule has 1 aromatic carbocycles. The van der Waals surface area contributed by atoms with Crippen LogP contribution in [0, 0.1) is 23.1 Å². The Bertz CT molecular complexity index is 340. The van der Waals surface area contributed by atoms with Gasteiger partial charge in [-0.15, -0.1) is 0 Å². The van der Waals surface area contributed by atoms with Gasteiger partial charge in [-0.2, -0.15) is 5.26 Å². The summed E-state index contributed by atoms with van der Waals surface area (Å²) in [5, 5.41) is 8.73. The Morgan fingerprint density at radius 3 is 2.47 bits per heavy atom. The maximum atomic E-state index is 12.7. The van der Waals surface area contributed by atoms with E-state index in [4.69, 9.17) is 5.26 Å². The predicted octanol–water partition coefficient (Wildman–Crippen LogP) is 2.81. The molecule has 15 heavy (non-hydrogen) atoms. The Morgan fingerprint density at radius 1 is 1.40 bits per heavy atom. The van der Waals surface area contributed by atoms with Crippen LogP contribution in [0.25, 0.3) is 0 Å². The molecule has 1 rings (SSSR count). The highest BCUT2D eigenvalue weighted by Gasteiger charge is 2.08. The molecule has 0 N–H and O–H groups in total. The van der Waals surface area contributed by atoms with Crippen LogP contribution in [0.2, 0.25) is 0 Å². The third kappa shape index (κ3) is 3.25. The van der Waals surface area contributed by atoms with Gasteiger partial charge in [-0.1, -0.05) is 0 Å². The molecule has 0 aliphatic heterocycles. The molecule has 3 heteroatoms. The molecule has 2 nitrogen and oxygen atoms in total. The van der Waals surface area contributed by atoms with Crippen LogP contribution in [0.15, 0.2) is 24.3 Å². The summed E-state index contributed by atoms with van der Waals surface area (Å²) in [5.41, 5.74) is 0.959. The van der Waals surface area contributed by atoms with Crippen LogP contribution in [-0.2, 0) is 0 Å². The second-order valence-corrected chi connectivity index (χ2v) is 3.55. The molecule has 0 spiro atoms. The van der Waals surface area contributed by atoms with E-state index in [1.165, 1.54) is 12.1 Å². The minimum absolute atomic E-state index is 0.0185. The highest BCUT2D eigenvalue weighted by molar-refractivity contribution is 5.46. The van der Waals surface area contributed by atoms with Crippen LogP contribution in [0.5, 0.6) is 0 Å². The fourth-order valence-corrected chi connectivity index (χ4v) is 1.44. The number of anilines is 1. The fraction of sp³-hybridized carbons (Fsp3) is 0.417. The molecule has 1 atom stereocenters. The quantitative estimate of drug-likeness (QED) is 0.757. The second-order valence-electron chi connectivity index (χ2n) is 3.55. The third-order valence-electron chi connectivity index (χ3n) is 2.29. The molecule has 1 aromatic rings. The lowest BCUT2D eigenvalue weighted by molar-refractivity contribution is 0.626. The summed E-state index contributed by atoms with van der Waals surface area (Å²) in [6, 6.07) is 8.55. The molecule has 80 valence electrons. The van der Waals surface area contributed by atoms with Gasteiger partial charge in [0.25, 0.3) is 0 Å². The van der Waals surface area contributed by atoms with Crippen molar-refractivity contribution in [2.75, 3.05) is 18.0 Å². The van der Waals surface area contributed by atoms with E-state index in [0.29, 0.717) is 6.54 Å². The SMILES string of the molecule is CCN(CC(C)C#N)c1ccc(F)cc1. The summed E-state index contributed by atoms with van der Waals surface area (Å²) in [6.45, 7) is 5.40. The average Bonchev–Trinajstić information content (AvgIpc) is 2.27. The summed E-state index contributed by atoms with van der Waals surface area (Å²) in [6.07, 6.45) is 0. The zero-order valence-electron chi connectivity index (χ0n) is 9.07. The molecule has 0 amide bonds. The molecule has 0 bridgehead atoms. The van der Waals surface area contributed by atoms with E-state index >= 15 is 0 Å². The lowest BCUT2D eigenvalue weighted by Crippen LogP contribution is -2.27. The van der Waals surface area contributed by atoms with Gasteiger partial charge in [-0.3, -0.25) is 0 Å². The van der Waals surface area contributed by atoms with E-state index in [1.54, 1.807) is 12.1 Å². The van der Waals surface area contributed by atoms with Gasteiger partial charge < -0.3 is 4.90 Å². The summed E-state index contributed by atoms with van der Waals surface area (Å²) < 4.78 is 12.7. The van der Waals surface area contributed by atoms with Gasteiger partial charge in [-0.05, 0) is 38.1 Å². The fourth-order valence-electron chi connectivity index (χ4n) is 1.44. The van der Waals surface area contributed by atoms with Crippen molar-refractivity contribution in [3.8, 4) is 6.07 Å². The first kappa shape index (κ1) is 11.5. The first-order chi connectivity index (χ1) is 7.17. The molecule has 0 heterocycles. The molecular weight excluding hydrogens is 191 g/mol. The van der Waals surface area contributed by atoms with Gasteiger partial charge in [0.15, 0.2) is 0 Å². The number of nitrogens with zero attached hydrogens (tertiary/aromatic N) is 2. The zero-order valence-corrected chi connectivity index (χ0v) is 9.07. The summed E-state index contributed by atoms with van der Waals surface area (Å²) in [5.74, 6) is -0.252. The first-order valence-corrected chi connectivity index (χ1v) is 5.07. The van der Waals surface area contributed by atoms with Crippen molar-refractivity contribution < 1.29 is 4.39 Å². The highest BCUT2D eigenvalue weighted by Crippen LogP contribution is 2.15. The van der Waals surface area contributed by atoms with Crippen molar-refractivity contribution >= 4 is 5.69 Å². The smallest absolute Gasteiger partial charge is 0.123 e. The van der Waals surface area contributed by atoms with Gasteiger partial charge in [0, 0.05) is 18.8 Å². The Hall–Kier alpha value is -1.56. The van der Waals surface area contributed by atoms with Crippen LogP contribution >= 0.6 is 0 Å². The Balaban J connectivity index is 2.75. The monoisotopic (exact) mass is 206 g/mol. The maximum Gasteiger partial charge on any atom is 0.123 e. The molecule has 0 saturated carbocycles. The van der Waals surface area contributed by atoms with E-state index in [2.05, 4.69) is 11.0 Å². The topological polar surface area (TPSA) is 27.0 Å². The number of halogens is 1. The van der Waals surface area contributed by atoms with Crippen molar-refractivity contribution in [2.45, 2.75) is 13.8 Å². The van der Waals surface area contributed by atoms with Crippen LogP contribution in [-0.4, -0.2) is 13.1 Å². The number of hydrogen-bond donors (Lipinski definition) is 0. The van der Waals surface area contributed by atoms with Crippen molar-refractivity contribution in [1.29, 1.82) is 5.26 Å². The van der Waals surface area contributed by atoms with Gasteiger partial charge in [0.2, 0.25) is 0 Å². The molecular formula is C12H15FN2. The molecule has 0 radical (unpaired) electrons. The average molecular weight is 206 g/mol. The summed E-state index contributed by atoms with van der Waals surface area (Å²) in [4.78, 5) is 2.06. The van der Waals surface area contributed by atoms with E-state index in [-0.39, 0.29) is 11.7 Å². The zero-order chi connectivity index (χ0) is 11.3. The van der Waals surface area contributed by atoms with Crippen molar-refractivity contribution in [1.82, 2.24) is 0 Å². The summed E-state index contributed by atoms with van der Waals surface area (Å²) >= 11 is 0. The number of nitriles is 1. The van der Waals surface area contributed by atoms with Gasteiger partial charge in [-0.25, -0.2) is 4.39 Å². The van der Waals surface area contributed by atoms with Crippen molar-refractivity contribution in [3.05, 3.63) is 30.1 Å². The third-order valence-corrected chi connectivity index (χ3v) is 2.29. The van der Waals surface area contributed by atoms with E-state index in [9.17, 15) is 4.39 Å². The van der Waals surface area contributed by atoms with E-state index in [0.717, 1.165) is 12.2 Å². The second kappa shape index (κ2) is 5.35. The van der Waals surface area contributed by atoms with Crippen molar-refractivity contribution in [2.24, 2.45) is 5.92 Å². The molecule has 0 saturated heterocycles. The first-order valence-electron chi connectivity index (χ1n) is 5.07. The maximum absolute atomic E-state index is 12.7. The Morgan fingerprint density at radius 2 is 2.00 bits per heavy atom. The normalized spacial score (nSPS) is 11.9. The standard InChI is InChI=1S/C12H15FN2/c1-3-15(9-10(2)8-14)12-6-4-11(13)5-7-12/h4-7,10H,3,9H2,1-2H3. The lowest BCUT2D eigenvalue weighted by Gasteiger charge is -2.24. The molecule has 0 aliphatic carbocycles. The largest absolute Gasteiger partial charge is 0.371 e. The van der Waals surface area contributed by atoms with Crippen LogP contribution in [0.1, 0.15) is 13.8 Å². The summed E-state index contributed by atoms with van der Waals surface area (Å²) in [7, 11) is 0. The predicted molar refractivity (Wildman–Crippen MR) is 59.1 cm³/mol. The van der Waals surface area contributed by atoms with E-state index < -0.39 is 0 Å². The minimum atomic E-state index is -0.233. The van der Waals surface area contributed by atoms with E-state index in [1.807, 2.05) is 13.8 Å².